The molecule has 0 atom stereocenters. The first-order chi connectivity index (χ1) is 10.6. The van der Waals surface area contributed by atoms with Gasteiger partial charge in [-0.25, -0.2) is 4.98 Å². The summed E-state index contributed by atoms with van der Waals surface area (Å²) in [4.78, 5) is 15.9. The maximum absolute atomic E-state index is 11.5. The maximum Gasteiger partial charge on any atom is 0.161 e. The highest BCUT2D eigenvalue weighted by molar-refractivity contribution is 7.99. The summed E-state index contributed by atoms with van der Waals surface area (Å²) in [6, 6.07) is 13.8. The molecule has 0 spiro atoms. The fourth-order valence-electron chi connectivity index (χ4n) is 2.01. The molecule has 0 radical (unpaired) electrons. The molecule has 0 amide bonds. The van der Waals surface area contributed by atoms with Crippen molar-refractivity contribution >= 4 is 23.6 Å². The Morgan fingerprint density at radius 3 is 2.73 bits per heavy atom. The molecule has 1 aromatic carbocycles. The Morgan fingerprint density at radius 2 is 2.09 bits per heavy atom. The number of aryl methyl sites for hydroxylation is 1. The van der Waals surface area contributed by atoms with Gasteiger partial charge in [-0.2, -0.15) is 5.26 Å². The first-order valence-corrected chi connectivity index (χ1v) is 7.87. The predicted octanol–water partition coefficient (Wildman–Crippen LogP) is 4.27. The summed E-state index contributed by atoms with van der Waals surface area (Å²) in [5.41, 5.74) is 2.77. The van der Waals surface area contributed by atoms with E-state index in [4.69, 9.17) is 0 Å². The van der Waals surface area contributed by atoms with Crippen LogP contribution in [0, 0.1) is 18.3 Å². The summed E-state index contributed by atoms with van der Waals surface area (Å²) in [5, 5.41) is 9.89. The standard InChI is InChI=1S/C18H16N2OS/c1-13-17(14(2)21)11-16(12-19)18(20-13)22-10-6-9-15-7-4-3-5-8-15/h3-9,11H,10H2,1-2H3/b9-6+. The fraction of sp³-hybridized carbons (Fsp3) is 0.167. The number of carbonyl (C=O) groups excluding carboxylic acids is 1. The zero-order valence-corrected chi connectivity index (χ0v) is 13.4. The number of nitriles is 1. The van der Waals surface area contributed by atoms with Gasteiger partial charge in [0.25, 0.3) is 0 Å². The topological polar surface area (TPSA) is 53.8 Å². The second-order valence-electron chi connectivity index (χ2n) is 4.77. The second kappa shape index (κ2) is 7.58. The van der Waals surface area contributed by atoms with Crippen LogP contribution in [0.25, 0.3) is 6.08 Å². The summed E-state index contributed by atoms with van der Waals surface area (Å²) in [6.45, 7) is 3.28. The number of carbonyl (C=O) groups is 1. The largest absolute Gasteiger partial charge is 0.294 e. The van der Waals surface area contributed by atoms with Crippen molar-refractivity contribution in [3.05, 3.63) is 64.9 Å². The summed E-state index contributed by atoms with van der Waals surface area (Å²) >= 11 is 1.49. The maximum atomic E-state index is 11.5. The lowest BCUT2D eigenvalue weighted by Crippen LogP contribution is -2.02. The number of Topliss-reactive ketones (excluding diaryl/α,β-unsaturated/α-hetero) is 1. The quantitative estimate of drug-likeness (QED) is 0.611. The van der Waals surface area contributed by atoms with Crippen molar-refractivity contribution in [2.75, 3.05) is 5.75 Å². The molecule has 3 nitrogen and oxygen atoms in total. The number of thioether (sulfide) groups is 1. The predicted molar refractivity (Wildman–Crippen MR) is 89.9 cm³/mol. The van der Waals surface area contributed by atoms with E-state index in [0.29, 0.717) is 21.8 Å². The van der Waals surface area contributed by atoms with Crippen molar-refractivity contribution in [2.24, 2.45) is 0 Å². The van der Waals surface area contributed by atoms with Gasteiger partial charge in [0.15, 0.2) is 5.78 Å². The van der Waals surface area contributed by atoms with Crippen LogP contribution >= 0.6 is 11.8 Å². The average molecular weight is 308 g/mol. The number of benzene rings is 1. The minimum Gasteiger partial charge on any atom is -0.294 e. The number of ketones is 1. The number of hydrogen-bond acceptors (Lipinski definition) is 4. The third kappa shape index (κ3) is 4.06. The molecule has 2 aromatic rings. The Hall–Kier alpha value is -2.38. The first kappa shape index (κ1) is 16.0. The highest BCUT2D eigenvalue weighted by atomic mass is 32.2. The van der Waals surface area contributed by atoms with Crippen LogP contribution in [-0.4, -0.2) is 16.5 Å². The molecule has 0 unspecified atom stereocenters. The number of rotatable bonds is 5. The molecule has 0 saturated carbocycles. The first-order valence-electron chi connectivity index (χ1n) is 6.89. The Balaban J connectivity index is 2.10. The third-order valence-electron chi connectivity index (χ3n) is 3.10. The van der Waals surface area contributed by atoms with Crippen LogP contribution in [0.1, 0.15) is 34.1 Å². The molecule has 2 rings (SSSR count). The van der Waals surface area contributed by atoms with Crippen molar-refractivity contribution < 1.29 is 4.79 Å². The van der Waals surface area contributed by atoms with Crippen LogP contribution in [0.4, 0.5) is 0 Å². The van der Waals surface area contributed by atoms with E-state index in [0.717, 1.165) is 11.3 Å². The van der Waals surface area contributed by atoms with E-state index >= 15 is 0 Å². The summed E-state index contributed by atoms with van der Waals surface area (Å²) in [7, 11) is 0. The van der Waals surface area contributed by atoms with Gasteiger partial charge in [0.2, 0.25) is 0 Å². The average Bonchev–Trinajstić information content (AvgIpc) is 2.52. The van der Waals surface area contributed by atoms with Gasteiger partial charge in [-0.15, -0.1) is 11.8 Å². The van der Waals surface area contributed by atoms with Gasteiger partial charge in [0.05, 0.1) is 5.56 Å². The number of aromatic nitrogens is 1. The molecule has 1 heterocycles. The molecule has 0 aliphatic carbocycles. The lowest BCUT2D eigenvalue weighted by atomic mass is 10.1. The molecule has 0 saturated heterocycles. The molecule has 0 fully saturated rings. The monoisotopic (exact) mass is 308 g/mol. The Bertz CT molecular complexity index is 746. The molecule has 1 aromatic heterocycles. The molecular formula is C18H16N2OS. The van der Waals surface area contributed by atoms with Crippen LogP contribution < -0.4 is 0 Å². The molecule has 4 heteroatoms. The van der Waals surface area contributed by atoms with Gasteiger partial charge >= 0.3 is 0 Å². The Labute approximate surface area is 134 Å². The Kier molecular flexibility index (Phi) is 5.51. The smallest absolute Gasteiger partial charge is 0.161 e. The molecule has 0 aliphatic rings. The number of nitrogens with zero attached hydrogens (tertiary/aromatic N) is 2. The lowest BCUT2D eigenvalue weighted by Gasteiger charge is -2.06. The zero-order valence-electron chi connectivity index (χ0n) is 12.5. The highest BCUT2D eigenvalue weighted by Gasteiger charge is 2.11. The van der Waals surface area contributed by atoms with Crippen LogP contribution in [0.3, 0.4) is 0 Å². The van der Waals surface area contributed by atoms with Gasteiger partial charge < -0.3 is 0 Å². The molecule has 0 bridgehead atoms. The molecule has 0 N–H and O–H groups in total. The van der Waals surface area contributed by atoms with Crippen molar-refractivity contribution in [3.63, 3.8) is 0 Å². The van der Waals surface area contributed by atoms with E-state index in [2.05, 4.69) is 11.1 Å². The fourth-order valence-corrected chi connectivity index (χ4v) is 2.82. The molecule has 110 valence electrons. The molecular weight excluding hydrogens is 292 g/mol. The van der Waals surface area contributed by atoms with Crippen molar-refractivity contribution in [1.82, 2.24) is 4.98 Å². The summed E-state index contributed by atoms with van der Waals surface area (Å²) < 4.78 is 0. The third-order valence-corrected chi connectivity index (χ3v) is 4.05. The second-order valence-corrected chi connectivity index (χ2v) is 5.77. The van der Waals surface area contributed by atoms with Gasteiger partial charge in [0.1, 0.15) is 11.1 Å². The van der Waals surface area contributed by atoms with Crippen LogP contribution in [0.2, 0.25) is 0 Å². The lowest BCUT2D eigenvalue weighted by molar-refractivity contribution is 0.101. The van der Waals surface area contributed by atoms with Gasteiger partial charge in [-0.05, 0) is 25.5 Å². The van der Waals surface area contributed by atoms with E-state index in [1.54, 1.807) is 13.0 Å². The molecule has 22 heavy (non-hydrogen) atoms. The van der Waals surface area contributed by atoms with E-state index in [1.165, 1.54) is 18.7 Å². The van der Waals surface area contributed by atoms with Crippen LogP contribution in [0.5, 0.6) is 0 Å². The van der Waals surface area contributed by atoms with Gasteiger partial charge in [-0.3, -0.25) is 4.79 Å². The van der Waals surface area contributed by atoms with Crippen LogP contribution in [0.15, 0.2) is 47.5 Å². The van der Waals surface area contributed by atoms with Crippen LogP contribution in [-0.2, 0) is 0 Å². The van der Waals surface area contributed by atoms with Crippen molar-refractivity contribution in [1.29, 1.82) is 5.26 Å². The minimum atomic E-state index is -0.0676. The number of hydrogen-bond donors (Lipinski definition) is 0. The van der Waals surface area contributed by atoms with Crippen molar-refractivity contribution in [3.8, 4) is 6.07 Å². The van der Waals surface area contributed by atoms with E-state index < -0.39 is 0 Å². The number of pyridine rings is 1. The molecule has 0 aliphatic heterocycles. The van der Waals surface area contributed by atoms with E-state index in [1.807, 2.05) is 42.5 Å². The zero-order chi connectivity index (χ0) is 15.9. The van der Waals surface area contributed by atoms with Crippen molar-refractivity contribution in [2.45, 2.75) is 18.9 Å². The summed E-state index contributed by atoms with van der Waals surface area (Å²) in [5.74, 6) is 0.650. The van der Waals surface area contributed by atoms with E-state index in [-0.39, 0.29) is 5.78 Å². The summed E-state index contributed by atoms with van der Waals surface area (Å²) in [6.07, 6.45) is 4.08. The minimum absolute atomic E-state index is 0.0676. The normalized spacial score (nSPS) is 10.6. The Morgan fingerprint density at radius 1 is 1.36 bits per heavy atom. The highest BCUT2D eigenvalue weighted by Crippen LogP contribution is 2.23. The van der Waals surface area contributed by atoms with Gasteiger partial charge in [-0.1, -0.05) is 42.5 Å². The van der Waals surface area contributed by atoms with Gasteiger partial charge in [0, 0.05) is 17.0 Å². The van der Waals surface area contributed by atoms with E-state index in [9.17, 15) is 10.1 Å². The SMILES string of the molecule is CC(=O)c1cc(C#N)c(SC/C=C/c2ccccc2)nc1C.